The highest BCUT2D eigenvalue weighted by Gasteiger charge is 2.21. The van der Waals surface area contributed by atoms with Gasteiger partial charge in [0.1, 0.15) is 0 Å². The van der Waals surface area contributed by atoms with E-state index in [2.05, 4.69) is 0 Å². The van der Waals surface area contributed by atoms with Crippen molar-refractivity contribution in [3.8, 4) is 11.1 Å². The number of rotatable bonds is 3. The molecule has 4 nitrogen and oxygen atoms in total. The number of benzene rings is 2. The van der Waals surface area contributed by atoms with Gasteiger partial charge in [-0.2, -0.15) is 0 Å². The SMILES string of the molecule is Cc1ccc(C(=O)O)c(-c2ccccc2)c1C(=O)O. The molecular formula is C15H12O4. The van der Waals surface area contributed by atoms with Gasteiger partial charge in [-0.25, -0.2) is 9.59 Å². The summed E-state index contributed by atoms with van der Waals surface area (Å²) in [6.45, 7) is 1.65. The summed E-state index contributed by atoms with van der Waals surface area (Å²) in [5.41, 5.74) is 1.40. The highest BCUT2D eigenvalue weighted by molar-refractivity contribution is 6.05. The smallest absolute Gasteiger partial charge is 0.336 e. The zero-order valence-corrected chi connectivity index (χ0v) is 10.3. The molecule has 0 amide bonds. The van der Waals surface area contributed by atoms with E-state index < -0.39 is 11.9 Å². The third kappa shape index (κ3) is 2.33. The van der Waals surface area contributed by atoms with Crippen LogP contribution < -0.4 is 0 Å². The second-order valence-corrected chi connectivity index (χ2v) is 4.16. The number of hydrogen-bond donors (Lipinski definition) is 2. The van der Waals surface area contributed by atoms with Gasteiger partial charge < -0.3 is 10.2 Å². The molecule has 0 aromatic heterocycles. The molecule has 0 radical (unpaired) electrons. The Morgan fingerprint density at radius 1 is 0.895 bits per heavy atom. The van der Waals surface area contributed by atoms with Gasteiger partial charge in [0.2, 0.25) is 0 Å². The van der Waals surface area contributed by atoms with Crippen LogP contribution in [0, 0.1) is 6.92 Å². The van der Waals surface area contributed by atoms with Crippen molar-refractivity contribution in [1.82, 2.24) is 0 Å². The Hall–Kier alpha value is -2.62. The maximum atomic E-state index is 11.4. The van der Waals surface area contributed by atoms with Gasteiger partial charge in [-0.05, 0) is 24.1 Å². The number of hydrogen-bond acceptors (Lipinski definition) is 2. The summed E-state index contributed by atoms with van der Waals surface area (Å²) in [7, 11) is 0. The van der Waals surface area contributed by atoms with Crippen molar-refractivity contribution in [3.05, 3.63) is 59.2 Å². The van der Waals surface area contributed by atoms with Gasteiger partial charge in [-0.3, -0.25) is 0 Å². The maximum Gasteiger partial charge on any atom is 0.336 e. The number of carboxylic acid groups (broad SMARTS) is 2. The van der Waals surface area contributed by atoms with E-state index in [0.717, 1.165) is 0 Å². The van der Waals surface area contributed by atoms with Crippen LogP contribution in [-0.2, 0) is 0 Å². The van der Waals surface area contributed by atoms with Gasteiger partial charge in [0, 0.05) is 5.56 Å². The Morgan fingerprint density at radius 3 is 2.05 bits per heavy atom. The minimum Gasteiger partial charge on any atom is -0.478 e. The lowest BCUT2D eigenvalue weighted by molar-refractivity contribution is 0.0695. The standard InChI is InChI=1S/C15H12O4/c1-9-7-8-11(14(16)17)13(12(9)15(18)19)10-5-3-2-4-6-10/h2-8H,1H3,(H,16,17)(H,18,19). The Balaban J connectivity index is 2.85. The van der Waals surface area contributed by atoms with Crippen molar-refractivity contribution >= 4 is 11.9 Å². The molecule has 0 spiro atoms. The largest absolute Gasteiger partial charge is 0.478 e. The lowest BCUT2D eigenvalue weighted by atomic mass is 9.91. The molecular weight excluding hydrogens is 244 g/mol. The van der Waals surface area contributed by atoms with Crippen molar-refractivity contribution in [2.24, 2.45) is 0 Å². The summed E-state index contributed by atoms with van der Waals surface area (Å²) in [5.74, 6) is -2.26. The van der Waals surface area contributed by atoms with Crippen LogP contribution in [0.5, 0.6) is 0 Å². The fraction of sp³-hybridized carbons (Fsp3) is 0.0667. The first-order valence-corrected chi connectivity index (χ1v) is 5.68. The van der Waals surface area contributed by atoms with E-state index in [4.69, 9.17) is 0 Å². The summed E-state index contributed by atoms with van der Waals surface area (Å²) in [6.07, 6.45) is 0. The van der Waals surface area contributed by atoms with Gasteiger partial charge in [0.25, 0.3) is 0 Å². The van der Waals surface area contributed by atoms with Crippen molar-refractivity contribution in [1.29, 1.82) is 0 Å². The molecule has 0 heterocycles. The molecule has 4 heteroatoms. The monoisotopic (exact) mass is 256 g/mol. The highest BCUT2D eigenvalue weighted by atomic mass is 16.4. The van der Waals surface area contributed by atoms with E-state index in [1.807, 2.05) is 0 Å². The lowest BCUT2D eigenvalue weighted by Gasteiger charge is -2.12. The van der Waals surface area contributed by atoms with Crippen molar-refractivity contribution in [2.75, 3.05) is 0 Å². The number of carbonyl (C=O) groups is 2. The van der Waals surface area contributed by atoms with E-state index in [1.165, 1.54) is 12.1 Å². The molecule has 96 valence electrons. The van der Waals surface area contributed by atoms with E-state index in [1.54, 1.807) is 37.3 Å². The van der Waals surface area contributed by atoms with Gasteiger partial charge in [0.05, 0.1) is 11.1 Å². The van der Waals surface area contributed by atoms with Gasteiger partial charge >= 0.3 is 11.9 Å². The Kier molecular flexibility index (Phi) is 3.33. The van der Waals surface area contributed by atoms with E-state index >= 15 is 0 Å². The normalized spacial score (nSPS) is 10.2. The van der Waals surface area contributed by atoms with Crippen LogP contribution in [0.3, 0.4) is 0 Å². The molecule has 2 rings (SSSR count). The van der Waals surface area contributed by atoms with Crippen LogP contribution in [0.2, 0.25) is 0 Å². The summed E-state index contributed by atoms with van der Waals surface area (Å²) >= 11 is 0. The lowest BCUT2D eigenvalue weighted by Crippen LogP contribution is -2.09. The molecule has 0 bridgehead atoms. The second kappa shape index (κ2) is 4.94. The molecule has 0 unspecified atom stereocenters. The molecule has 2 N–H and O–H groups in total. The quantitative estimate of drug-likeness (QED) is 0.885. The minimum atomic E-state index is -1.14. The Labute approximate surface area is 109 Å². The van der Waals surface area contributed by atoms with E-state index in [9.17, 15) is 19.8 Å². The zero-order valence-electron chi connectivity index (χ0n) is 10.3. The van der Waals surface area contributed by atoms with Gasteiger partial charge in [0.15, 0.2) is 0 Å². The number of aryl methyl sites for hydroxylation is 1. The van der Waals surface area contributed by atoms with Crippen LogP contribution in [0.15, 0.2) is 42.5 Å². The third-order valence-corrected chi connectivity index (χ3v) is 2.92. The first-order chi connectivity index (χ1) is 9.02. The topological polar surface area (TPSA) is 74.6 Å². The summed E-state index contributed by atoms with van der Waals surface area (Å²) < 4.78 is 0. The summed E-state index contributed by atoms with van der Waals surface area (Å²) in [5, 5.41) is 18.6. The minimum absolute atomic E-state index is 0.00537. The molecule has 19 heavy (non-hydrogen) atoms. The van der Waals surface area contributed by atoms with Crippen molar-refractivity contribution in [2.45, 2.75) is 6.92 Å². The zero-order chi connectivity index (χ0) is 14.0. The fourth-order valence-corrected chi connectivity index (χ4v) is 2.07. The predicted molar refractivity (Wildman–Crippen MR) is 70.5 cm³/mol. The third-order valence-electron chi connectivity index (χ3n) is 2.92. The molecule has 0 aliphatic carbocycles. The molecule has 2 aromatic carbocycles. The van der Waals surface area contributed by atoms with Crippen LogP contribution in [0.4, 0.5) is 0 Å². The van der Waals surface area contributed by atoms with E-state index in [0.29, 0.717) is 11.1 Å². The van der Waals surface area contributed by atoms with Crippen molar-refractivity contribution in [3.63, 3.8) is 0 Å². The van der Waals surface area contributed by atoms with Crippen molar-refractivity contribution < 1.29 is 19.8 Å². The Bertz CT molecular complexity index is 645. The Morgan fingerprint density at radius 2 is 1.53 bits per heavy atom. The molecule has 0 saturated carbocycles. The predicted octanol–water partition coefficient (Wildman–Crippen LogP) is 3.06. The molecule has 0 aliphatic rings. The van der Waals surface area contributed by atoms with Crippen LogP contribution in [0.25, 0.3) is 11.1 Å². The highest BCUT2D eigenvalue weighted by Crippen LogP contribution is 2.30. The second-order valence-electron chi connectivity index (χ2n) is 4.16. The fourth-order valence-electron chi connectivity index (χ4n) is 2.07. The molecule has 2 aromatic rings. The molecule has 0 atom stereocenters. The number of carboxylic acids is 2. The van der Waals surface area contributed by atoms with Crippen LogP contribution in [-0.4, -0.2) is 22.2 Å². The molecule has 0 aliphatic heterocycles. The van der Waals surface area contributed by atoms with Crippen LogP contribution >= 0.6 is 0 Å². The average Bonchev–Trinajstić information content (AvgIpc) is 2.38. The summed E-state index contributed by atoms with van der Waals surface area (Å²) in [6, 6.07) is 11.6. The van der Waals surface area contributed by atoms with Gasteiger partial charge in [-0.15, -0.1) is 0 Å². The summed E-state index contributed by atoms with van der Waals surface area (Å²) in [4.78, 5) is 22.7. The molecule has 0 saturated heterocycles. The first-order valence-electron chi connectivity index (χ1n) is 5.68. The van der Waals surface area contributed by atoms with E-state index in [-0.39, 0.29) is 16.7 Å². The average molecular weight is 256 g/mol. The number of aromatic carboxylic acids is 2. The van der Waals surface area contributed by atoms with Gasteiger partial charge in [-0.1, -0.05) is 36.4 Å². The maximum absolute atomic E-state index is 11.4. The first kappa shape index (κ1) is 12.8. The van der Waals surface area contributed by atoms with Crippen LogP contribution in [0.1, 0.15) is 26.3 Å². The molecule has 0 fully saturated rings.